The highest BCUT2D eigenvalue weighted by Crippen LogP contribution is 2.38. The first kappa shape index (κ1) is 30.2. The van der Waals surface area contributed by atoms with E-state index in [2.05, 4.69) is 41.2 Å². The van der Waals surface area contributed by atoms with E-state index in [9.17, 15) is 9.59 Å². The molecule has 230 valence electrons. The lowest BCUT2D eigenvalue weighted by molar-refractivity contribution is -0.323. The van der Waals surface area contributed by atoms with Crippen LogP contribution in [0, 0.1) is 17.8 Å². The Labute approximate surface area is 246 Å². The predicted molar refractivity (Wildman–Crippen MR) is 152 cm³/mol. The molecule has 1 saturated carbocycles. The van der Waals surface area contributed by atoms with Crippen molar-refractivity contribution in [3.05, 3.63) is 35.8 Å². The molecule has 2 atom stereocenters. The molecule has 7 N–H and O–H groups in total. The van der Waals surface area contributed by atoms with Crippen LogP contribution in [0.4, 0.5) is 17.2 Å². The van der Waals surface area contributed by atoms with Crippen LogP contribution in [0.5, 0.6) is 5.75 Å². The van der Waals surface area contributed by atoms with Gasteiger partial charge >= 0.3 is 6.10 Å². The molecule has 3 fully saturated rings. The van der Waals surface area contributed by atoms with Crippen molar-refractivity contribution < 1.29 is 34.2 Å². The van der Waals surface area contributed by atoms with E-state index in [1.54, 1.807) is 30.6 Å². The minimum atomic E-state index is -3.43. The third kappa shape index (κ3) is 7.60. The number of nitrogens with zero attached hydrogens (tertiary/aromatic N) is 5. The number of amides is 1. The van der Waals surface area contributed by atoms with Gasteiger partial charge in [0.1, 0.15) is 6.29 Å². The standard InChI is InChI=1S/C23H29N9O6.C4H6O/c1-24-17-6-16(19(30-29-17)21(33)28-23(34,35)36)26-15-5-3-4-14(20(15)37-2)22-27-18(31-38-22)11-32-9-12-7-25-8-13(12)10-32;5-3-4-1-2-4/h3-6,12-13,25,34-36H,7-11H2,1-2H3,(H,28,33)(H2,24,26,29);3-4H,1-2H2. The average Bonchev–Trinajstić information content (AvgIpc) is 3.33. The van der Waals surface area contributed by atoms with Gasteiger partial charge in [0, 0.05) is 32.1 Å². The second kappa shape index (κ2) is 13.0. The summed E-state index contributed by atoms with van der Waals surface area (Å²) in [6.07, 6.45) is -0.122. The van der Waals surface area contributed by atoms with Crippen molar-refractivity contribution in [2.75, 3.05) is 51.0 Å². The van der Waals surface area contributed by atoms with Crippen LogP contribution in [0.15, 0.2) is 28.8 Å². The normalized spacial score (nSPS) is 19.7. The summed E-state index contributed by atoms with van der Waals surface area (Å²) in [7, 11) is 3.10. The van der Waals surface area contributed by atoms with E-state index < -0.39 is 12.0 Å². The molecular formula is C27H35N9O7. The number of nitrogens with one attached hydrogen (secondary N) is 4. The van der Waals surface area contributed by atoms with E-state index in [4.69, 9.17) is 24.6 Å². The van der Waals surface area contributed by atoms with Crippen LogP contribution in [0.3, 0.4) is 0 Å². The Morgan fingerprint density at radius 3 is 2.53 bits per heavy atom. The molecule has 4 heterocycles. The second-order valence-corrected chi connectivity index (χ2v) is 10.7. The molecule has 2 unspecified atom stereocenters. The number of rotatable bonds is 10. The van der Waals surface area contributed by atoms with Crippen LogP contribution in [-0.4, -0.2) is 99.2 Å². The summed E-state index contributed by atoms with van der Waals surface area (Å²) in [5, 5.41) is 50.2. The lowest BCUT2D eigenvalue weighted by Gasteiger charge is -2.18. The highest BCUT2D eigenvalue weighted by Gasteiger charge is 2.36. The van der Waals surface area contributed by atoms with Crippen LogP contribution in [0.1, 0.15) is 29.2 Å². The molecule has 0 spiro atoms. The number of fused-ring (bicyclic) bond motifs is 1. The number of carbonyl (C=O) groups excluding carboxylic acids is 2. The van der Waals surface area contributed by atoms with E-state index in [1.807, 2.05) is 0 Å². The zero-order valence-corrected chi connectivity index (χ0v) is 23.8. The van der Waals surface area contributed by atoms with Crippen molar-refractivity contribution in [2.24, 2.45) is 17.8 Å². The van der Waals surface area contributed by atoms with E-state index in [-0.39, 0.29) is 17.3 Å². The Bertz CT molecular complexity index is 1430. The number of carbonyl (C=O) groups is 2. The molecule has 16 heteroatoms. The summed E-state index contributed by atoms with van der Waals surface area (Å²) in [4.78, 5) is 29.0. The van der Waals surface area contributed by atoms with Gasteiger partial charge in [0.05, 0.1) is 30.6 Å². The summed E-state index contributed by atoms with van der Waals surface area (Å²) in [5.41, 5.74) is 0.781. The fraction of sp³-hybridized carbons (Fsp3) is 0.481. The van der Waals surface area contributed by atoms with Gasteiger partial charge in [0.15, 0.2) is 23.1 Å². The quantitative estimate of drug-likeness (QED) is 0.120. The van der Waals surface area contributed by atoms with Crippen molar-refractivity contribution >= 4 is 29.4 Å². The molecule has 16 nitrogen and oxygen atoms in total. The van der Waals surface area contributed by atoms with Gasteiger partial charge in [0.25, 0.3) is 11.8 Å². The number of anilines is 3. The summed E-state index contributed by atoms with van der Waals surface area (Å²) < 4.78 is 11.2. The predicted octanol–water partition coefficient (Wildman–Crippen LogP) is -0.115. The largest absolute Gasteiger partial charge is 0.494 e. The number of methoxy groups -OCH3 is 1. The molecule has 3 aliphatic rings. The van der Waals surface area contributed by atoms with Crippen molar-refractivity contribution in [1.82, 2.24) is 35.9 Å². The fourth-order valence-electron chi connectivity index (χ4n) is 5.10. The van der Waals surface area contributed by atoms with Gasteiger partial charge in [-0.3, -0.25) is 15.0 Å². The van der Waals surface area contributed by atoms with Crippen molar-refractivity contribution in [3.8, 4) is 17.2 Å². The Balaban J connectivity index is 0.000000668. The molecule has 3 aromatic rings. The number of ether oxygens (including phenoxy) is 1. The number of likely N-dealkylation sites (tertiary alicyclic amines) is 1. The summed E-state index contributed by atoms with van der Waals surface area (Å²) in [6.45, 7) is 4.68. The minimum Gasteiger partial charge on any atom is -0.494 e. The summed E-state index contributed by atoms with van der Waals surface area (Å²) in [5.74, 6) is 2.21. The first-order valence-corrected chi connectivity index (χ1v) is 13.9. The zero-order valence-electron chi connectivity index (χ0n) is 23.8. The number of benzene rings is 1. The minimum absolute atomic E-state index is 0.141. The molecule has 1 aliphatic carbocycles. The van der Waals surface area contributed by atoms with Crippen molar-refractivity contribution in [3.63, 3.8) is 0 Å². The van der Waals surface area contributed by atoms with Gasteiger partial charge in [-0.1, -0.05) is 11.2 Å². The molecule has 6 rings (SSSR count). The molecule has 2 saturated heterocycles. The number of hydrogen-bond acceptors (Lipinski definition) is 15. The zero-order chi connectivity index (χ0) is 30.6. The Morgan fingerprint density at radius 1 is 1.19 bits per heavy atom. The topological polar surface area (TPSA) is 220 Å². The lowest BCUT2D eigenvalue weighted by atomic mass is 10.0. The maximum atomic E-state index is 12.5. The Hall–Kier alpha value is -4.22. The molecule has 1 amide bonds. The van der Waals surface area contributed by atoms with E-state index in [0.29, 0.717) is 52.9 Å². The van der Waals surface area contributed by atoms with Gasteiger partial charge in [-0.05, 0) is 49.9 Å². The SMILES string of the molecule is CNc1cc(Nc2cccc(-c3nc(CN4CC5CNCC5C4)no3)c2OC)c(C(=O)NC(O)(O)O)nn1.O=CC1CC1. The third-order valence-electron chi connectivity index (χ3n) is 7.38. The average molecular weight is 598 g/mol. The summed E-state index contributed by atoms with van der Waals surface area (Å²) in [6, 6.07) is 6.69. The smallest absolute Gasteiger partial charge is 0.369 e. The maximum Gasteiger partial charge on any atom is 0.369 e. The van der Waals surface area contributed by atoms with E-state index in [0.717, 1.165) is 45.3 Å². The van der Waals surface area contributed by atoms with Crippen LogP contribution in [0.2, 0.25) is 0 Å². The second-order valence-electron chi connectivity index (χ2n) is 10.7. The van der Waals surface area contributed by atoms with E-state index >= 15 is 0 Å². The maximum absolute atomic E-state index is 12.5. The Morgan fingerprint density at radius 2 is 1.93 bits per heavy atom. The monoisotopic (exact) mass is 597 g/mol. The third-order valence-corrected chi connectivity index (χ3v) is 7.38. The summed E-state index contributed by atoms with van der Waals surface area (Å²) >= 11 is 0. The van der Waals surface area contributed by atoms with E-state index in [1.165, 1.54) is 13.2 Å². The van der Waals surface area contributed by atoms with Gasteiger partial charge in [-0.15, -0.1) is 10.2 Å². The molecule has 0 radical (unpaired) electrons. The molecule has 2 aromatic heterocycles. The molecule has 1 aromatic carbocycles. The molecule has 43 heavy (non-hydrogen) atoms. The fourth-order valence-corrected chi connectivity index (χ4v) is 5.10. The van der Waals surface area contributed by atoms with Gasteiger partial charge in [0.2, 0.25) is 0 Å². The van der Waals surface area contributed by atoms with Crippen molar-refractivity contribution in [2.45, 2.75) is 25.5 Å². The molecule has 2 aliphatic heterocycles. The first-order valence-electron chi connectivity index (χ1n) is 13.9. The number of aldehydes is 1. The number of hydrogen-bond donors (Lipinski definition) is 7. The van der Waals surface area contributed by atoms with Crippen molar-refractivity contribution in [1.29, 1.82) is 0 Å². The lowest BCUT2D eigenvalue weighted by Crippen LogP contribution is -2.48. The first-order chi connectivity index (χ1) is 20.7. The van der Waals surface area contributed by atoms with Crippen LogP contribution < -0.4 is 26.0 Å². The van der Waals surface area contributed by atoms with Crippen LogP contribution in [-0.2, 0) is 11.3 Å². The highest BCUT2D eigenvalue weighted by molar-refractivity contribution is 5.99. The molecule has 0 bridgehead atoms. The number of aliphatic hydroxyl groups is 3. The molecular weight excluding hydrogens is 562 g/mol. The van der Waals surface area contributed by atoms with Crippen LogP contribution in [0.25, 0.3) is 11.5 Å². The highest BCUT2D eigenvalue weighted by atomic mass is 16.7. The van der Waals surface area contributed by atoms with Gasteiger partial charge in [-0.2, -0.15) is 4.98 Å². The number of aromatic nitrogens is 4. The van der Waals surface area contributed by atoms with Gasteiger partial charge in [-0.25, -0.2) is 0 Å². The Kier molecular flexibility index (Phi) is 9.12. The van der Waals surface area contributed by atoms with Crippen LogP contribution >= 0.6 is 0 Å². The number of para-hydroxylation sites is 1. The van der Waals surface area contributed by atoms with Gasteiger partial charge < -0.3 is 45.3 Å².